The maximum Gasteiger partial charge on any atom is 0.163 e. The number of aryl methyl sites for hydroxylation is 2. The van der Waals surface area contributed by atoms with Crippen LogP contribution in [0.3, 0.4) is 0 Å². The minimum atomic E-state index is -0.0204. The predicted octanol–water partition coefficient (Wildman–Crippen LogP) is 2.56. The first-order chi connectivity index (χ1) is 7.59. The van der Waals surface area contributed by atoms with Crippen LogP contribution in [0.15, 0.2) is 22.9 Å². The maximum atomic E-state index is 11.2. The average Bonchev–Trinajstić information content (AvgIpc) is 2.63. The van der Waals surface area contributed by atoms with E-state index < -0.39 is 0 Å². The van der Waals surface area contributed by atoms with Crippen LogP contribution in [0.1, 0.15) is 28.7 Å². The predicted molar refractivity (Wildman–Crippen MR) is 59.2 cm³/mol. The summed E-state index contributed by atoms with van der Waals surface area (Å²) in [6.45, 7) is 5.17. The van der Waals surface area contributed by atoms with E-state index in [0.29, 0.717) is 17.1 Å². The van der Waals surface area contributed by atoms with Crippen molar-refractivity contribution in [3.63, 3.8) is 0 Å². The van der Waals surface area contributed by atoms with Gasteiger partial charge in [0.15, 0.2) is 11.6 Å². The van der Waals surface area contributed by atoms with Crippen LogP contribution in [0.2, 0.25) is 0 Å². The lowest BCUT2D eigenvalue weighted by Gasteiger charge is -2.03. The molecule has 4 nitrogen and oxygen atoms in total. The molecule has 0 aliphatic heterocycles. The van der Waals surface area contributed by atoms with Crippen molar-refractivity contribution in [3.8, 4) is 11.4 Å². The Balaban J connectivity index is 2.50. The molecule has 0 aromatic carbocycles. The third-order valence-electron chi connectivity index (χ3n) is 2.46. The van der Waals surface area contributed by atoms with Gasteiger partial charge >= 0.3 is 0 Å². The zero-order valence-electron chi connectivity index (χ0n) is 9.44. The van der Waals surface area contributed by atoms with Crippen molar-refractivity contribution in [1.82, 2.24) is 9.97 Å². The van der Waals surface area contributed by atoms with Crippen molar-refractivity contribution >= 4 is 5.78 Å². The van der Waals surface area contributed by atoms with Gasteiger partial charge in [-0.05, 0) is 26.8 Å². The Hall–Kier alpha value is -1.97. The third kappa shape index (κ3) is 1.74. The van der Waals surface area contributed by atoms with Gasteiger partial charge in [0.1, 0.15) is 5.76 Å². The zero-order valence-corrected chi connectivity index (χ0v) is 9.44. The van der Waals surface area contributed by atoms with Crippen LogP contribution >= 0.6 is 0 Å². The Bertz CT molecular complexity index is 544. The summed E-state index contributed by atoms with van der Waals surface area (Å²) in [5.74, 6) is 1.34. The van der Waals surface area contributed by atoms with Gasteiger partial charge in [-0.1, -0.05) is 0 Å². The normalized spacial score (nSPS) is 10.4. The quantitative estimate of drug-likeness (QED) is 0.724. The lowest BCUT2D eigenvalue weighted by molar-refractivity contribution is 0.101. The molecule has 0 spiro atoms. The molecule has 4 heteroatoms. The van der Waals surface area contributed by atoms with Crippen molar-refractivity contribution in [1.29, 1.82) is 0 Å². The number of carbonyl (C=O) groups is 1. The van der Waals surface area contributed by atoms with Gasteiger partial charge in [0.2, 0.25) is 0 Å². The van der Waals surface area contributed by atoms with E-state index in [1.54, 1.807) is 19.4 Å². The molecule has 2 aromatic heterocycles. The largest absolute Gasteiger partial charge is 0.469 e. The van der Waals surface area contributed by atoms with Gasteiger partial charge in [0, 0.05) is 6.20 Å². The van der Waals surface area contributed by atoms with Crippen molar-refractivity contribution in [2.45, 2.75) is 20.8 Å². The molecule has 0 N–H and O–H groups in total. The summed E-state index contributed by atoms with van der Waals surface area (Å²) in [6.07, 6.45) is 3.16. The Kier molecular flexibility index (Phi) is 2.56. The molecular formula is C12H12N2O2. The average molecular weight is 216 g/mol. The monoisotopic (exact) mass is 216 g/mol. The second-order valence-electron chi connectivity index (χ2n) is 3.64. The summed E-state index contributed by atoms with van der Waals surface area (Å²) < 4.78 is 5.19. The van der Waals surface area contributed by atoms with Crippen LogP contribution in [0.25, 0.3) is 11.4 Å². The third-order valence-corrected chi connectivity index (χ3v) is 2.46. The molecule has 0 amide bonds. The molecule has 0 saturated heterocycles. The van der Waals surface area contributed by atoms with Crippen molar-refractivity contribution < 1.29 is 9.21 Å². The maximum absolute atomic E-state index is 11.2. The molecule has 0 bridgehead atoms. The lowest BCUT2D eigenvalue weighted by atomic mass is 10.1. The molecule has 0 aliphatic carbocycles. The first kappa shape index (κ1) is 10.5. The Labute approximate surface area is 93.3 Å². The van der Waals surface area contributed by atoms with Gasteiger partial charge in [-0.2, -0.15) is 0 Å². The number of hydrogen-bond donors (Lipinski definition) is 0. The SMILES string of the molecule is CC(=O)c1cnc(-c2ccoc2C)nc1C. The Morgan fingerprint density at radius 1 is 1.38 bits per heavy atom. The van der Waals surface area contributed by atoms with E-state index in [9.17, 15) is 4.79 Å². The van der Waals surface area contributed by atoms with Gasteiger partial charge < -0.3 is 4.42 Å². The van der Waals surface area contributed by atoms with Crippen LogP contribution in [0, 0.1) is 13.8 Å². The van der Waals surface area contributed by atoms with Crippen LogP contribution in [0.5, 0.6) is 0 Å². The number of hydrogen-bond acceptors (Lipinski definition) is 4. The van der Waals surface area contributed by atoms with E-state index in [1.165, 1.54) is 6.92 Å². The van der Waals surface area contributed by atoms with Crippen molar-refractivity contribution in [2.75, 3.05) is 0 Å². The molecule has 82 valence electrons. The van der Waals surface area contributed by atoms with E-state index >= 15 is 0 Å². The summed E-state index contributed by atoms with van der Waals surface area (Å²) in [7, 11) is 0. The number of Topliss-reactive ketones (excluding diaryl/α,β-unsaturated/α-hetero) is 1. The molecule has 0 aliphatic rings. The molecule has 2 heterocycles. The number of nitrogens with zero attached hydrogens (tertiary/aromatic N) is 2. The molecule has 0 unspecified atom stereocenters. The highest BCUT2D eigenvalue weighted by Crippen LogP contribution is 2.21. The first-order valence-corrected chi connectivity index (χ1v) is 4.98. The van der Waals surface area contributed by atoms with E-state index in [1.807, 2.05) is 13.0 Å². The molecule has 0 fully saturated rings. The number of aromatic nitrogens is 2. The zero-order chi connectivity index (χ0) is 11.7. The van der Waals surface area contributed by atoms with E-state index in [2.05, 4.69) is 9.97 Å². The van der Waals surface area contributed by atoms with Crippen LogP contribution < -0.4 is 0 Å². The highest BCUT2D eigenvalue weighted by Gasteiger charge is 2.11. The summed E-state index contributed by atoms with van der Waals surface area (Å²) in [6, 6.07) is 1.82. The van der Waals surface area contributed by atoms with Crippen LogP contribution in [-0.2, 0) is 0 Å². The van der Waals surface area contributed by atoms with Crippen molar-refractivity contribution in [3.05, 3.63) is 35.5 Å². The molecule has 2 rings (SSSR count). The Morgan fingerprint density at radius 3 is 2.62 bits per heavy atom. The van der Waals surface area contributed by atoms with Gasteiger partial charge in [0.25, 0.3) is 0 Å². The summed E-state index contributed by atoms with van der Waals surface area (Å²) in [4.78, 5) is 19.7. The van der Waals surface area contributed by atoms with Crippen molar-refractivity contribution in [2.24, 2.45) is 0 Å². The van der Waals surface area contributed by atoms with Gasteiger partial charge in [-0.15, -0.1) is 0 Å². The molecule has 0 saturated carbocycles. The number of carbonyl (C=O) groups excluding carboxylic acids is 1. The summed E-state index contributed by atoms with van der Waals surface area (Å²) in [5.41, 5.74) is 2.11. The molecule has 0 radical (unpaired) electrons. The van der Waals surface area contributed by atoms with Crippen LogP contribution in [0.4, 0.5) is 0 Å². The van der Waals surface area contributed by atoms with Crippen LogP contribution in [-0.4, -0.2) is 15.8 Å². The fourth-order valence-corrected chi connectivity index (χ4v) is 1.56. The number of rotatable bonds is 2. The smallest absolute Gasteiger partial charge is 0.163 e. The summed E-state index contributed by atoms with van der Waals surface area (Å²) >= 11 is 0. The number of ketones is 1. The molecule has 0 atom stereocenters. The standard InChI is InChI=1S/C12H12N2O2/c1-7-11(8(2)15)6-13-12(14-7)10-4-5-16-9(10)3/h4-6H,1-3H3. The minimum Gasteiger partial charge on any atom is -0.469 e. The summed E-state index contributed by atoms with van der Waals surface area (Å²) in [5, 5.41) is 0. The second-order valence-corrected chi connectivity index (χ2v) is 3.64. The fourth-order valence-electron chi connectivity index (χ4n) is 1.56. The lowest BCUT2D eigenvalue weighted by Crippen LogP contribution is -2.02. The minimum absolute atomic E-state index is 0.0204. The second kappa shape index (κ2) is 3.89. The topological polar surface area (TPSA) is 56.0 Å². The van der Waals surface area contributed by atoms with E-state index in [4.69, 9.17) is 4.42 Å². The van der Waals surface area contributed by atoms with Gasteiger partial charge in [-0.3, -0.25) is 4.79 Å². The molecular weight excluding hydrogens is 204 g/mol. The fraction of sp³-hybridized carbons (Fsp3) is 0.250. The molecule has 16 heavy (non-hydrogen) atoms. The highest BCUT2D eigenvalue weighted by molar-refractivity contribution is 5.94. The van der Waals surface area contributed by atoms with Gasteiger partial charge in [-0.25, -0.2) is 9.97 Å². The highest BCUT2D eigenvalue weighted by atomic mass is 16.3. The van der Waals surface area contributed by atoms with Gasteiger partial charge in [0.05, 0.1) is 23.1 Å². The number of furan rings is 1. The van der Waals surface area contributed by atoms with E-state index in [-0.39, 0.29) is 5.78 Å². The Morgan fingerprint density at radius 2 is 2.12 bits per heavy atom. The van der Waals surface area contributed by atoms with E-state index in [0.717, 1.165) is 11.3 Å². The first-order valence-electron chi connectivity index (χ1n) is 4.98. The molecule has 2 aromatic rings.